The van der Waals surface area contributed by atoms with Gasteiger partial charge in [0.15, 0.2) is 9.84 Å². The molecule has 0 spiro atoms. The number of halogens is 3. The quantitative estimate of drug-likeness (QED) is 0.808. The van der Waals surface area contributed by atoms with Crippen LogP contribution in [0.5, 0.6) is 0 Å². The number of anilines is 1. The molecule has 0 radical (unpaired) electrons. The van der Waals surface area contributed by atoms with E-state index in [2.05, 4.69) is 9.88 Å². The van der Waals surface area contributed by atoms with Crippen LogP contribution in [-0.4, -0.2) is 62.0 Å². The summed E-state index contributed by atoms with van der Waals surface area (Å²) in [5.74, 6) is 0.737. The highest BCUT2D eigenvalue weighted by atomic mass is 32.2. The van der Waals surface area contributed by atoms with Crippen LogP contribution < -0.4 is 4.90 Å². The lowest BCUT2D eigenvalue weighted by Gasteiger charge is -2.38. The first-order chi connectivity index (χ1) is 10.7. The Hall–Kier alpha value is -1.35. The second kappa shape index (κ2) is 5.94. The van der Waals surface area contributed by atoms with Crippen molar-refractivity contribution in [3.63, 3.8) is 0 Å². The Morgan fingerprint density at radius 3 is 2.43 bits per heavy atom. The van der Waals surface area contributed by atoms with Gasteiger partial charge in [0, 0.05) is 38.4 Å². The van der Waals surface area contributed by atoms with E-state index in [0.717, 1.165) is 12.1 Å². The summed E-state index contributed by atoms with van der Waals surface area (Å²) in [7, 11) is -2.93. The van der Waals surface area contributed by atoms with Crippen molar-refractivity contribution in [2.24, 2.45) is 0 Å². The maximum atomic E-state index is 12.8. The summed E-state index contributed by atoms with van der Waals surface area (Å²) in [5.41, 5.74) is -0.702. The monoisotopic (exact) mass is 349 g/mol. The molecule has 9 heteroatoms. The molecular formula is C14H18F3N3O2S. The zero-order valence-corrected chi connectivity index (χ0v) is 13.3. The Morgan fingerprint density at radius 2 is 1.87 bits per heavy atom. The summed E-state index contributed by atoms with van der Waals surface area (Å²) >= 11 is 0. The smallest absolute Gasteiger partial charge is 0.354 e. The van der Waals surface area contributed by atoms with E-state index in [4.69, 9.17) is 0 Å². The van der Waals surface area contributed by atoms with Crippen molar-refractivity contribution in [3.8, 4) is 0 Å². The molecule has 2 fully saturated rings. The molecule has 0 saturated carbocycles. The van der Waals surface area contributed by atoms with Gasteiger partial charge in [-0.15, -0.1) is 0 Å². The summed E-state index contributed by atoms with van der Waals surface area (Å²) in [6, 6.07) is 2.07. The molecule has 1 aromatic heterocycles. The third kappa shape index (κ3) is 3.77. The maximum absolute atomic E-state index is 12.8. The van der Waals surface area contributed by atoms with Gasteiger partial charge in [-0.2, -0.15) is 13.2 Å². The van der Waals surface area contributed by atoms with E-state index in [1.807, 2.05) is 4.90 Å². The van der Waals surface area contributed by atoms with Crippen molar-refractivity contribution >= 4 is 15.7 Å². The summed E-state index contributed by atoms with van der Waals surface area (Å²) in [6.45, 7) is 2.37. The Morgan fingerprint density at radius 1 is 1.17 bits per heavy atom. The number of aromatic nitrogens is 1. The first-order valence-corrected chi connectivity index (χ1v) is 9.29. The Labute approximate surface area is 133 Å². The van der Waals surface area contributed by atoms with Gasteiger partial charge >= 0.3 is 6.18 Å². The van der Waals surface area contributed by atoms with E-state index in [1.54, 1.807) is 0 Å². The van der Waals surface area contributed by atoms with Crippen LogP contribution in [0.25, 0.3) is 0 Å². The first-order valence-electron chi connectivity index (χ1n) is 7.47. The molecule has 1 aromatic rings. The molecule has 2 saturated heterocycles. The van der Waals surface area contributed by atoms with E-state index >= 15 is 0 Å². The zero-order chi connectivity index (χ0) is 16.7. The van der Waals surface area contributed by atoms with Crippen LogP contribution in [0.3, 0.4) is 0 Å². The number of hydrogen-bond donors (Lipinski definition) is 0. The standard InChI is InChI=1S/C14H18F3N3O2S/c15-14(16,17)11-1-3-18-13(9-11)20-6-4-19(5-7-20)12-2-8-23(21,22)10-12/h1,3,9,12H,2,4-8,10H2. The lowest BCUT2D eigenvalue weighted by molar-refractivity contribution is -0.137. The molecule has 3 rings (SSSR count). The highest BCUT2D eigenvalue weighted by Crippen LogP contribution is 2.31. The van der Waals surface area contributed by atoms with E-state index in [0.29, 0.717) is 38.4 Å². The van der Waals surface area contributed by atoms with Gasteiger partial charge in [0.05, 0.1) is 17.1 Å². The van der Waals surface area contributed by atoms with Gasteiger partial charge in [0.25, 0.3) is 0 Å². The molecule has 1 atom stereocenters. The number of piperazine rings is 1. The molecule has 128 valence electrons. The fourth-order valence-corrected chi connectivity index (χ4v) is 4.91. The lowest BCUT2D eigenvalue weighted by atomic mass is 10.2. The van der Waals surface area contributed by atoms with Crippen LogP contribution in [0.2, 0.25) is 0 Å². The minimum Gasteiger partial charge on any atom is -0.354 e. The fraction of sp³-hybridized carbons (Fsp3) is 0.643. The Bertz CT molecular complexity index is 670. The molecule has 23 heavy (non-hydrogen) atoms. The zero-order valence-electron chi connectivity index (χ0n) is 12.5. The van der Waals surface area contributed by atoms with Crippen molar-refractivity contribution < 1.29 is 21.6 Å². The molecule has 0 N–H and O–H groups in total. The number of sulfone groups is 1. The van der Waals surface area contributed by atoms with Crippen molar-refractivity contribution in [2.75, 3.05) is 42.6 Å². The van der Waals surface area contributed by atoms with Crippen LogP contribution in [0.15, 0.2) is 18.3 Å². The van der Waals surface area contributed by atoms with Gasteiger partial charge in [-0.25, -0.2) is 13.4 Å². The highest BCUT2D eigenvalue weighted by Gasteiger charge is 2.34. The van der Waals surface area contributed by atoms with Crippen molar-refractivity contribution in [2.45, 2.75) is 18.6 Å². The summed E-state index contributed by atoms with van der Waals surface area (Å²) < 4.78 is 61.4. The molecule has 3 heterocycles. The van der Waals surface area contributed by atoms with Crippen molar-refractivity contribution in [3.05, 3.63) is 23.9 Å². The molecule has 0 aliphatic carbocycles. The third-order valence-electron chi connectivity index (χ3n) is 4.44. The van der Waals surface area contributed by atoms with E-state index in [-0.39, 0.29) is 17.5 Å². The molecule has 2 aliphatic rings. The van der Waals surface area contributed by atoms with Gasteiger partial charge in [-0.1, -0.05) is 0 Å². The van der Waals surface area contributed by atoms with Crippen molar-refractivity contribution in [1.82, 2.24) is 9.88 Å². The maximum Gasteiger partial charge on any atom is 0.416 e. The van der Waals surface area contributed by atoms with Gasteiger partial charge in [-0.05, 0) is 18.6 Å². The fourth-order valence-electron chi connectivity index (χ4n) is 3.15. The highest BCUT2D eigenvalue weighted by molar-refractivity contribution is 7.91. The summed E-state index contributed by atoms with van der Waals surface area (Å²) in [6.07, 6.45) is -2.56. The average Bonchev–Trinajstić information content (AvgIpc) is 2.87. The van der Waals surface area contributed by atoms with E-state index in [9.17, 15) is 21.6 Å². The predicted molar refractivity (Wildman–Crippen MR) is 80.1 cm³/mol. The molecule has 2 aliphatic heterocycles. The molecule has 0 bridgehead atoms. The van der Waals surface area contributed by atoms with Crippen LogP contribution in [0.4, 0.5) is 19.0 Å². The predicted octanol–water partition coefficient (Wildman–Crippen LogP) is 1.41. The van der Waals surface area contributed by atoms with E-state index in [1.165, 1.54) is 6.20 Å². The number of rotatable bonds is 2. The lowest BCUT2D eigenvalue weighted by Crippen LogP contribution is -2.51. The first kappa shape index (κ1) is 16.5. The van der Waals surface area contributed by atoms with Crippen LogP contribution in [-0.2, 0) is 16.0 Å². The van der Waals surface area contributed by atoms with Crippen molar-refractivity contribution in [1.29, 1.82) is 0 Å². The Kier molecular flexibility index (Phi) is 4.26. The number of pyridine rings is 1. The second-order valence-corrected chi connectivity index (χ2v) is 8.21. The SMILES string of the molecule is O=S1(=O)CCC(N2CCN(c3cc(C(F)(F)F)ccn3)CC2)C1. The van der Waals surface area contributed by atoms with Crippen LogP contribution in [0.1, 0.15) is 12.0 Å². The number of alkyl halides is 3. The third-order valence-corrected chi connectivity index (χ3v) is 6.19. The molecule has 0 aromatic carbocycles. The molecule has 5 nitrogen and oxygen atoms in total. The van der Waals surface area contributed by atoms with Crippen LogP contribution in [0, 0.1) is 0 Å². The molecule has 0 amide bonds. The van der Waals surface area contributed by atoms with Gasteiger partial charge in [0.2, 0.25) is 0 Å². The topological polar surface area (TPSA) is 53.5 Å². The molecular weight excluding hydrogens is 331 g/mol. The minimum absolute atomic E-state index is 0.0385. The van der Waals surface area contributed by atoms with Crippen LogP contribution >= 0.6 is 0 Å². The summed E-state index contributed by atoms with van der Waals surface area (Å²) in [5, 5.41) is 0. The largest absolute Gasteiger partial charge is 0.416 e. The Balaban J connectivity index is 1.63. The van der Waals surface area contributed by atoms with Gasteiger partial charge < -0.3 is 4.90 Å². The van der Waals surface area contributed by atoms with Gasteiger partial charge in [-0.3, -0.25) is 4.90 Å². The number of hydrogen-bond acceptors (Lipinski definition) is 5. The normalized spacial score (nSPS) is 25.7. The minimum atomic E-state index is -4.38. The second-order valence-electron chi connectivity index (χ2n) is 5.98. The number of nitrogens with zero attached hydrogens (tertiary/aromatic N) is 3. The average molecular weight is 349 g/mol. The summed E-state index contributed by atoms with van der Waals surface area (Å²) in [4.78, 5) is 7.97. The molecule has 1 unspecified atom stereocenters. The van der Waals surface area contributed by atoms with E-state index < -0.39 is 21.6 Å². The van der Waals surface area contributed by atoms with Gasteiger partial charge in [0.1, 0.15) is 5.82 Å².